The number of primary amides is 1. The summed E-state index contributed by atoms with van der Waals surface area (Å²) in [6, 6.07) is 33.7. The molecule has 0 saturated heterocycles. The summed E-state index contributed by atoms with van der Waals surface area (Å²) < 4.78 is 5.50. The van der Waals surface area contributed by atoms with Crippen molar-refractivity contribution in [1.29, 1.82) is 0 Å². The molecule has 0 aliphatic carbocycles. The lowest BCUT2D eigenvalue weighted by molar-refractivity contribution is -0.132. The van der Waals surface area contributed by atoms with E-state index in [2.05, 4.69) is 15.6 Å². The predicted octanol–water partition coefficient (Wildman–Crippen LogP) is 5.28. The molecule has 1 heterocycles. The summed E-state index contributed by atoms with van der Waals surface area (Å²) >= 11 is 0. The highest BCUT2D eigenvalue weighted by Gasteiger charge is 2.36. The summed E-state index contributed by atoms with van der Waals surface area (Å²) in [5.74, 6) is -1.23. The first-order chi connectivity index (χ1) is 20.8. The summed E-state index contributed by atoms with van der Waals surface area (Å²) in [5, 5.41) is 6.45. The number of amides is 3. The van der Waals surface area contributed by atoms with Crippen LogP contribution < -0.4 is 16.4 Å². The Bertz CT molecular complexity index is 1700. The van der Waals surface area contributed by atoms with E-state index in [1.165, 1.54) is 0 Å². The highest BCUT2D eigenvalue weighted by atomic mass is 16.5. The SMILES string of the molecule is CC(Cc1ccccc1)(NC(=O)[C@H](Cc1c[nH]c2ccccc12)NC(=O)OCc1ccc(-c2ccccc2)cc1)C(N)=O. The maximum absolute atomic E-state index is 13.7. The Kier molecular flexibility index (Phi) is 8.86. The maximum Gasteiger partial charge on any atom is 0.408 e. The fraction of sp³-hybridized carbons (Fsp3) is 0.171. The molecule has 8 heteroatoms. The van der Waals surface area contributed by atoms with E-state index < -0.39 is 29.5 Å². The molecule has 0 saturated carbocycles. The summed E-state index contributed by atoms with van der Waals surface area (Å²) in [4.78, 5) is 42.4. The van der Waals surface area contributed by atoms with Gasteiger partial charge in [0.15, 0.2) is 0 Å². The number of hydrogen-bond acceptors (Lipinski definition) is 4. The number of nitrogens with one attached hydrogen (secondary N) is 3. The van der Waals surface area contributed by atoms with Gasteiger partial charge in [-0.25, -0.2) is 4.79 Å². The third-order valence-electron chi connectivity index (χ3n) is 7.48. The van der Waals surface area contributed by atoms with Gasteiger partial charge in [-0.2, -0.15) is 0 Å². The normalized spacial score (nSPS) is 13.0. The average molecular weight is 575 g/mol. The van der Waals surface area contributed by atoms with E-state index in [1.807, 2.05) is 115 Å². The summed E-state index contributed by atoms with van der Waals surface area (Å²) in [7, 11) is 0. The summed E-state index contributed by atoms with van der Waals surface area (Å²) in [6.07, 6.45) is 1.41. The van der Waals surface area contributed by atoms with Gasteiger partial charge in [0, 0.05) is 29.9 Å². The molecule has 5 N–H and O–H groups in total. The largest absolute Gasteiger partial charge is 0.445 e. The topological polar surface area (TPSA) is 126 Å². The van der Waals surface area contributed by atoms with Crippen LogP contribution in [0.25, 0.3) is 22.0 Å². The molecule has 5 rings (SSSR count). The van der Waals surface area contributed by atoms with E-state index in [9.17, 15) is 14.4 Å². The molecule has 0 fully saturated rings. The number of rotatable bonds is 11. The number of H-pyrrole nitrogens is 1. The molecule has 0 aliphatic heterocycles. The van der Waals surface area contributed by atoms with Gasteiger partial charge < -0.3 is 26.1 Å². The number of alkyl carbamates (subject to hydrolysis) is 1. The van der Waals surface area contributed by atoms with Crippen molar-refractivity contribution in [2.45, 2.75) is 38.0 Å². The van der Waals surface area contributed by atoms with Gasteiger partial charge in [-0.05, 0) is 40.8 Å². The van der Waals surface area contributed by atoms with Gasteiger partial charge in [0.1, 0.15) is 18.2 Å². The molecule has 0 aliphatic rings. The van der Waals surface area contributed by atoms with E-state index >= 15 is 0 Å². The monoisotopic (exact) mass is 574 g/mol. The number of ether oxygens (including phenoxy) is 1. The molecular formula is C35H34N4O4. The minimum atomic E-state index is -1.39. The summed E-state index contributed by atoms with van der Waals surface area (Å²) in [6.45, 7) is 1.61. The van der Waals surface area contributed by atoms with Crippen LogP contribution in [0.5, 0.6) is 0 Å². The lowest BCUT2D eigenvalue weighted by Gasteiger charge is -2.30. The van der Waals surface area contributed by atoms with Crippen molar-refractivity contribution in [3.05, 3.63) is 132 Å². The van der Waals surface area contributed by atoms with Crippen LogP contribution in [0.3, 0.4) is 0 Å². The van der Waals surface area contributed by atoms with Crippen LogP contribution in [-0.4, -0.2) is 34.5 Å². The first-order valence-corrected chi connectivity index (χ1v) is 14.1. The number of hydrogen-bond donors (Lipinski definition) is 4. The van der Waals surface area contributed by atoms with Crippen LogP contribution in [-0.2, 0) is 33.8 Å². The van der Waals surface area contributed by atoms with E-state index in [1.54, 1.807) is 6.92 Å². The second kappa shape index (κ2) is 13.1. The number of para-hydroxylation sites is 1. The third kappa shape index (κ3) is 7.29. The molecule has 43 heavy (non-hydrogen) atoms. The lowest BCUT2D eigenvalue weighted by Crippen LogP contribution is -2.61. The smallest absolute Gasteiger partial charge is 0.408 e. The van der Waals surface area contributed by atoms with E-state index in [0.29, 0.717) is 0 Å². The molecule has 1 aromatic heterocycles. The number of fused-ring (bicyclic) bond motifs is 1. The van der Waals surface area contributed by atoms with E-state index in [-0.39, 0.29) is 19.4 Å². The highest BCUT2D eigenvalue weighted by molar-refractivity contribution is 5.94. The predicted molar refractivity (Wildman–Crippen MR) is 167 cm³/mol. The molecule has 5 aromatic rings. The van der Waals surface area contributed by atoms with Crippen LogP contribution in [0.4, 0.5) is 4.79 Å². The Hall–Kier alpha value is -5.37. The Balaban J connectivity index is 1.30. The zero-order chi connectivity index (χ0) is 30.2. The quantitative estimate of drug-likeness (QED) is 0.171. The highest BCUT2D eigenvalue weighted by Crippen LogP contribution is 2.21. The summed E-state index contributed by atoms with van der Waals surface area (Å²) in [5.41, 5.74) is 9.90. The van der Waals surface area contributed by atoms with Crippen molar-refractivity contribution in [1.82, 2.24) is 15.6 Å². The Morgan fingerprint density at radius 2 is 1.44 bits per heavy atom. The molecule has 1 unspecified atom stereocenters. The van der Waals surface area contributed by atoms with Gasteiger partial charge in [-0.15, -0.1) is 0 Å². The van der Waals surface area contributed by atoms with Crippen LogP contribution in [0.1, 0.15) is 23.6 Å². The zero-order valence-electron chi connectivity index (χ0n) is 23.9. The Labute approximate surface area is 250 Å². The molecule has 0 spiro atoms. The van der Waals surface area contributed by atoms with E-state index in [4.69, 9.17) is 10.5 Å². The van der Waals surface area contributed by atoms with Crippen LogP contribution in [0.15, 0.2) is 115 Å². The molecule has 0 radical (unpaired) electrons. The van der Waals surface area contributed by atoms with Gasteiger partial charge in [-0.1, -0.05) is 103 Å². The minimum Gasteiger partial charge on any atom is -0.445 e. The van der Waals surface area contributed by atoms with Gasteiger partial charge >= 0.3 is 6.09 Å². The second-order valence-corrected chi connectivity index (χ2v) is 10.7. The van der Waals surface area contributed by atoms with Crippen molar-refractivity contribution in [2.24, 2.45) is 5.73 Å². The van der Waals surface area contributed by atoms with Crippen LogP contribution >= 0.6 is 0 Å². The molecule has 0 bridgehead atoms. The number of carbonyl (C=O) groups excluding carboxylic acids is 3. The van der Waals surface area contributed by atoms with Crippen molar-refractivity contribution >= 4 is 28.8 Å². The number of benzene rings is 4. The number of aromatic nitrogens is 1. The standard InChI is InChI=1S/C35H34N4O4/c1-35(33(36)41,21-24-10-4-2-5-11-24)39-32(40)31(20-28-22-37-30-15-9-8-14-29(28)30)38-34(42)43-23-25-16-18-27(19-17-25)26-12-6-3-7-13-26/h2-19,22,31,37H,20-21,23H2,1H3,(H2,36,41)(H,38,42)(H,39,40)/t31-,35?/m0/s1. The molecule has 2 atom stereocenters. The Morgan fingerprint density at radius 3 is 2.14 bits per heavy atom. The molecule has 218 valence electrons. The molecular weight excluding hydrogens is 540 g/mol. The Morgan fingerprint density at radius 1 is 0.814 bits per heavy atom. The van der Waals surface area contributed by atoms with Crippen LogP contribution in [0, 0.1) is 0 Å². The zero-order valence-corrected chi connectivity index (χ0v) is 23.9. The van der Waals surface area contributed by atoms with Crippen molar-refractivity contribution < 1.29 is 19.1 Å². The molecule has 3 amide bonds. The number of carbonyl (C=O) groups is 3. The van der Waals surface area contributed by atoms with Crippen molar-refractivity contribution in [2.75, 3.05) is 0 Å². The first-order valence-electron chi connectivity index (χ1n) is 14.1. The third-order valence-corrected chi connectivity index (χ3v) is 7.48. The number of aromatic amines is 1. The minimum absolute atomic E-state index is 0.0232. The molecule has 8 nitrogen and oxygen atoms in total. The van der Waals surface area contributed by atoms with Gasteiger partial charge in [0.25, 0.3) is 0 Å². The van der Waals surface area contributed by atoms with Gasteiger partial charge in [0.2, 0.25) is 11.8 Å². The van der Waals surface area contributed by atoms with Crippen LogP contribution in [0.2, 0.25) is 0 Å². The average Bonchev–Trinajstić information content (AvgIpc) is 3.43. The van der Waals surface area contributed by atoms with Crippen molar-refractivity contribution in [3.8, 4) is 11.1 Å². The molecule has 4 aromatic carbocycles. The second-order valence-electron chi connectivity index (χ2n) is 10.7. The van der Waals surface area contributed by atoms with Gasteiger partial charge in [-0.3, -0.25) is 9.59 Å². The van der Waals surface area contributed by atoms with E-state index in [0.717, 1.165) is 38.7 Å². The van der Waals surface area contributed by atoms with Crippen molar-refractivity contribution in [3.63, 3.8) is 0 Å². The fourth-order valence-corrected chi connectivity index (χ4v) is 5.04. The number of nitrogens with two attached hydrogens (primary N) is 1. The first kappa shape index (κ1) is 29.1. The lowest BCUT2D eigenvalue weighted by atomic mass is 9.91. The fourth-order valence-electron chi connectivity index (χ4n) is 5.04. The maximum atomic E-state index is 13.7. The van der Waals surface area contributed by atoms with Gasteiger partial charge in [0.05, 0.1) is 0 Å².